The van der Waals surface area contributed by atoms with Gasteiger partial charge in [-0.2, -0.15) is 0 Å². The summed E-state index contributed by atoms with van der Waals surface area (Å²) >= 11 is 0. The van der Waals surface area contributed by atoms with Crippen LogP contribution in [0.1, 0.15) is 0 Å². The number of hydrogen-bond acceptors (Lipinski definition) is 1. The van der Waals surface area contributed by atoms with E-state index in [4.69, 9.17) is 4.98 Å². The molecule has 1 aliphatic rings. The maximum Gasteiger partial charge on any atom is 0.0716 e. The average molecular weight is 328 g/mol. The molecule has 1 nitrogen and oxygen atoms in total. The molecule has 119 valence electrons. The summed E-state index contributed by atoms with van der Waals surface area (Å²) in [6.07, 6.45) is 0. The molecule has 0 N–H and O–H groups in total. The fourth-order valence-corrected chi connectivity index (χ4v) is 4.07. The first-order valence-corrected chi connectivity index (χ1v) is 8.83. The molecule has 1 aromatic heterocycles. The smallest absolute Gasteiger partial charge is 0.0716 e. The van der Waals surface area contributed by atoms with Gasteiger partial charge in [0, 0.05) is 17.0 Å². The zero-order chi connectivity index (χ0) is 17.1. The standard InChI is InChI=1S/C25H14N/c1-4-11-23-16(6-1)12-13-24(26-23)18-14-17-7-5-10-21-19-8-2-3-9-20(19)22(15-18)25(17)21/h1-14H. The van der Waals surface area contributed by atoms with E-state index in [1.165, 1.54) is 33.0 Å². The minimum absolute atomic E-state index is 0.969. The lowest BCUT2D eigenvalue weighted by atomic mass is 9.98. The molecule has 0 atom stereocenters. The Morgan fingerprint density at radius 3 is 2.35 bits per heavy atom. The van der Waals surface area contributed by atoms with Gasteiger partial charge in [-0.25, -0.2) is 4.98 Å². The van der Waals surface area contributed by atoms with Crippen LogP contribution in [-0.4, -0.2) is 4.98 Å². The van der Waals surface area contributed by atoms with E-state index >= 15 is 0 Å². The lowest BCUT2D eigenvalue weighted by molar-refractivity contribution is 1.40. The Morgan fingerprint density at radius 1 is 0.615 bits per heavy atom. The zero-order valence-electron chi connectivity index (χ0n) is 14.0. The third kappa shape index (κ3) is 1.83. The summed E-state index contributed by atoms with van der Waals surface area (Å²) in [4.78, 5) is 4.87. The van der Waals surface area contributed by atoms with Crippen molar-refractivity contribution in [2.24, 2.45) is 0 Å². The molecule has 0 saturated carbocycles. The number of hydrogen-bond donors (Lipinski definition) is 0. The maximum absolute atomic E-state index is 4.87. The first-order valence-electron chi connectivity index (χ1n) is 8.83. The molecular weight excluding hydrogens is 314 g/mol. The second-order valence-electron chi connectivity index (χ2n) is 6.76. The van der Waals surface area contributed by atoms with Crippen LogP contribution in [0.15, 0.2) is 84.9 Å². The number of benzene rings is 4. The van der Waals surface area contributed by atoms with Crippen LogP contribution in [0, 0.1) is 6.07 Å². The molecule has 0 fully saturated rings. The highest BCUT2D eigenvalue weighted by molar-refractivity contribution is 6.16. The van der Waals surface area contributed by atoms with E-state index < -0.39 is 0 Å². The first-order chi connectivity index (χ1) is 12.9. The third-order valence-corrected chi connectivity index (χ3v) is 5.27. The normalized spacial score (nSPS) is 11.8. The Hall–Kier alpha value is -3.45. The van der Waals surface area contributed by atoms with E-state index in [9.17, 15) is 0 Å². The molecule has 4 aromatic carbocycles. The Balaban J connectivity index is 1.66. The second kappa shape index (κ2) is 5.03. The number of rotatable bonds is 1. The summed E-state index contributed by atoms with van der Waals surface area (Å²) in [7, 11) is 0. The van der Waals surface area contributed by atoms with E-state index in [0.29, 0.717) is 0 Å². The number of fused-ring (bicyclic) bond motifs is 4. The van der Waals surface area contributed by atoms with Crippen LogP contribution in [-0.2, 0) is 0 Å². The van der Waals surface area contributed by atoms with Crippen LogP contribution in [0.2, 0.25) is 0 Å². The molecule has 26 heavy (non-hydrogen) atoms. The van der Waals surface area contributed by atoms with Crippen LogP contribution in [0.4, 0.5) is 0 Å². The molecule has 1 radical (unpaired) electrons. The Kier molecular flexibility index (Phi) is 2.67. The van der Waals surface area contributed by atoms with Crippen molar-refractivity contribution in [1.29, 1.82) is 0 Å². The molecule has 1 heterocycles. The monoisotopic (exact) mass is 328 g/mol. The summed E-state index contributed by atoms with van der Waals surface area (Å²) in [5.74, 6) is 0. The topological polar surface area (TPSA) is 12.9 Å². The molecular formula is C25H14N. The minimum atomic E-state index is 0.969. The number of nitrogens with zero attached hydrogens (tertiary/aromatic N) is 1. The zero-order valence-corrected chi connectivity index (χ0v) is 14.0. The van der Waals surface area contributed by atoms with E-state index in [1.807, 2.05) is 12.1 Å². The molecule has 0 saturated heterocycles. The summed E-state index contributed by atoms with van der Waals surface area (Å²) < 4.78 is 0. The average Bonchev–Trinajstić information content (AvgIpc) is 3.03. The van der Waals surface area contributed by atoms with Crippen LogP contribution in [0.5, 0.6) is 0 Å². The van der Waals surface area contributed by atoms with Gasteiger partial charge in [-0.1, -0.05) is 66.7 Å². The van der Waals surface area contributed by atoms with Gasteiger partial charge < -0.3 is 0 Å². The predicted octanol–water partition coefficient (Wildman–Crippen LogP) is 6.50. The maximum atomic E-state index is 4.87. The van der Waals surface area contributed by atoms with E-state index in [0.717, 1.165) is 22.2 Å². The summed E-state index contributed by atoms with van der Waals surface area (Å²) in [5, 5.41) is 3.71. The number of aromatic nitrogens is 1. The van der Waals surface area contributed by atoms with E-state index in [2.05, 4.69) is 78.9 Å². The molecule has 0 amide bonds. The largest absolute Gasteiger partial charge is 0.248 e. The highest BCUT2D eigenvalue weighted by Gasteiger charge is 2.22. The Bertz CT molecular complexity index is 1330. The second-order valence-corrected chi connectivity index (χ2v) is 6.76. The van der Waals surface area contributed by atoms with Gasteiger partial charge in [0.1, 0.15) is 0 Å². The van der Waals surface area contributed by atoms with E-state index in [1.54, 1.807) is 0 Å². The van der Waals surface area contributed by atoms with Gasteiger partial charge in [0.25, 0.3) is 0 Å². The fraction of sp³-hybridized carbons (Fsp3) is 0. The SMILES string of the molecule is [c]1c(-c2ccc3ccccc3n2)cc2cccc3c2c1-c1ccccc1-3. The molecule has 0 unspecified atom stereocenters. The van der Waals surface area contributed by atoms with Crippen LogP contribution in [0.3, 0.4) is 0 Å². The van der Waals surface area contributed by atoms with Crippen molar-refractivity contribution >= 4 is 21.7 Å². The molecule has 0 spiro atoms. The van der Waals surface area contributed by atoms with E-state index in [-0.39, 0.29) is 0 Å². The summed E-state index contributed by atoms with van der Waals surface area (Å²) in [6.45, 7) is 0. The van der Waals surface area contributed by atoms with Crippen LogP contribution >= 0.6 is 0 Å². The van der Waals surface area contributed by atoms with Crippen molar-refractivity contribution < 1.29 is 0 Å². The fourth-order valence-electron chi connectivity index (χ4n) is 4.07. The Labute approximate surface area is 151 Å². The molecule has 1 heteroatoms. The Morgan fingerprint density at radius 2 is 1.38 bits per heavy atom. The highest BCUT2D eigenvalue weighted by Crippen LogP contribution is 2.48. The van der Waals surface area contributed by atoms with Gasteiger partial charge in [0.05, 0.1) is 11.2 Å². The van der Waals surface area contributed by atoms with Crippen LogP contribution < -0.4 is 0 Å². The third-order valence-electron chi connectivity index (χ3n) is 5.27. The van der Waals surface area contributed by atoms with Crippen molar-refractivity contribution in [3.63, 3.8) is 0 Å². The van der Waals surface area contributed by atoms with Crippen LogP contribution in [0.25, 0.3) is 55.2 Å². The van der Waals surface area contributed by atoms with Gasteiger partial charge in [-0.15, -0.1) is 0 Å². The first kappa shape index (κ1) is 13.8. The van der Waals surface area contributed by atoms with Gasteiger partial charge in [-0.3, -0.25) is 0 Å². The highest BCUT2D eigenvalue weighted by atomic mass is 14.7. The van der Waals surface area contributed by atoms with Gasteiger partial charge in [0.15, 0.2) is 0 Å². The van der Waals surface area contributed by atoms with Gasteiger partial charge in [0.2, 0.25) is 0 Å². The number of para-hydroxylation sites is 1. The molecule has 0 bridgehead atoms. The summed E-state index contributed by atoms with van der Waals surface area (Å²) in [6, 6.07) is 33.5. The van der Waals surface area contributed by atoms with Crippen molar-refractivity contribution in [1.82, 2.24) is 4.98 Å². The summed E-state index contributed by atoms with van der Waals surface area (Å²) in [5.41, 5.74) is 8.10. The molecule has 0 aliphatic heterocycles. The minimum Gasteiger partial charge on any atom is -0.248 e. The van der Waals surface area contributed by atoms with Crippen molar-refractivity contribution in [3.05, 3.63) is 91.0 Å². The van der Waals surface area contributed by atoms with Crippen molar-refractivity contribution in [2.75, 3.05) is 0 Å². The number of pyridine rings is 1. The lowest BCUT2D eigenvalue weighted by Crippen LogP contribution is -1.87. The quantitative estimate of drug-likeness (QED) is 0.335. The van der Waals surface area contributed by atoms with Gasteiger partial charge >= 0.3 is 0 Å². The van der Waals surface area contributed by atoms with Crippen molar-refractivity contribution in [3.8, 4) is 33.5 Å². The molecule has 6 rings (SSSR count). The van der Waals surface area contributed by atoms with Gasteiger partial charge in [-0.05, 0) is 51.2 Å². The molecule has 1 aliphatic carbocycles. The van der Waals surface area contributed by atoms with Crippen molar-refractivity contribution in [2.45, 2.75) is 0 Å². The molecule has 5 aromatic rings. The predicted molar refractivity (Wildman–Crippen MR) is 108 cm³/mol. The lowest BCUT2D eigenvalue weighted by Gasteiger charge is -2.08.